The van der Waals surface area contributed by atoms with Crippen molar-refractivity contribution in [3.8, 4) is 5.75 Å². The molecule has 0 spiro atoms. The number of phenolic OH excluding ortho intramolecular Hbond substituents is 1. The van der Waals surface area contributed by atoms with Gasteiger partial charge in [0, 0.05) is 6.07 Å². The van der Waals surface area contributed by atoms with Crippen LogP contribution in [0.2, 0.25) is 0 Å². The highest BCUT2D eigenvalue weighted by molar-refractivity contribution is 5.75. The van der Waals surface area contributed by atoms with Crippen molar-refractivity contribution in [1.82, 2.24) is 15.0 Å². The number of hydrogen-bond donors (Lipinski definition) is 1. The van der Waals surface area contributed by atoms with Crippen molar-refractivity contribution >= 4 is 11.0 Å². The van der Waals surface area contributed by atoms with E-state index in [4.69, 9.17) is 5.11 Å². The first-order chi connectivity index (χ1) is 6.48. The maximum absolute atomic E-state index is 12.2. The molecule has 14 heavy (non-hydrogen) atoms. The van der Waals surface area contributed by atoms with Gasteiger partial charge >= 0.3 is 6.30 Å². The molecular formula is C7H4F3N3O. The maximum atomic E-state index is 12.2. The zero-order valence-electron chi connectivity index (χ0n) is 6.65. The van der Waals surface area contributed by atoms with Crippen LogP contribution < -0.4 is 0 Å². The minimum absolute atomic E-state index is 0.00215. The molecule has 2 aromatic rings. The smallest absolute Gasteiger partial charge is 0.506 e. The average Bonchev–Trinajstić information content (AvgIpc) is 2.45. The Labute approximate surface area is 75.6 Å². The lowest BCUT2D eigenvalue weighted by Gasteiger charge is -2.04. The number of rotatable bonds is 0. The lowest BCUT2D eigenvalue weighted by atomic mass is 10.3. The Morgan fingerprint density at radius 3 is 2.64 bits per heavy atom. The van der Waals surface area contributed by atoms with Gasteiger partial charge in [-0.3, -0.25) is 0 Å². The van der Waals surface area contributed by atoms with Crippen molar-refractivity contribution in [2.45, 2.75) is 6.30 Å². The van der Waals surface area contributed by atoms with Gasteiger partial charge in [-0.1, -0.05) is 5.21 Å². The molecule has 0 radical (unpaired) electrons. The van der Waals surface area contributed by atoms with E-state index in [1.165, 1.54) is 0 Å². The molecule has 0 saturated carbocycles. The van der Waals surface area contributed by atoms with E-state index < -0.39 is 6.30 Å². The van der Waals surface area contributed by atoms with Gasteiger partial charge in [0.05, 0.1) is 5.52 Å². The third-order valence-corrected chi connectivity index (χ3v) is 1.67. The maximum Gasteiger partial charge on any atom is 0.506 e. The monoisotopic (exact) mass is 203 g/mol. The number of halogens is 3. The topological polar surface area (TPSA) is 50.9 Å². The molecule has 74 valence electrons. The van der Waals surface area contributed by atoms with E-state index in [2.05, 4.69) is 10.3 Å². The molecular weight excluding hydrogens is 199 g/mol. The molecule has 1 aromatic heterocycles. The van der Waals surface area contributed by atoms with Gasteiger partial charge in [0.1, 0.15) is 11.3 Å². The molecule has 0 unspecified atom stereocenters. The Morgan fingerprint density at radius 2 is 2.00 bits per heavy atom. The lowest BCUT2D eigenvalue weighted by molar-refractivity contribution is -0.210. The van der Waals surface area contributed by atoms with Gasteiger partial charge < -0.3 is 5.11 Å². The molecule has 0 saturated heterocycles. The van der Waals surface area contributed by atoms with Gasteiger partial charge in [0.15, 0.2) is 0 Å². The Hall–Kier alpha value is -1.79. The summed E-state index contributed by atoms with van der Waals surface area (Å²) in [7, 11) is 0. The van der Waals surface area contributed by atoms with E-state index >= 15 is 0 Å². The second-order valence-corrected chi connectivity index (χ2v) is 2.64. The first kappa shape index (κ1) is 8.79. The second kappa shape index (κ2) is 2.60. The number of phenols is 1. The summed E-state index contributed by atoms with van der Waals surface area (Å²) in [5.74, 6) is -0.147. The fourth-order valence-corrected chi connectivity index (χ4v) is 1.10. The van der Waals surface area contributed by atoms with Crippen LogP contribution in [-0.4, -0.2) is 20.1 Å². The summed E-state index contributed by atoms with van der Waals surface area (Å²) in [6, 6.07) is 3.37. The number of fused-ring (bicyclic) bond motifs is 1. The van der Waals surface area contributed by atoms with E-state index in [0.29, 0.717) is 0 Å². The molecule has 1 heterocycles. The number of aromatic hydroxyl groups is 1. The molecule has 0 aliphatic carbocycles. The highest BCUT2D eigenvalue weighted by Gasteiger charge is 2.34. The summed E-state index contributed by atoms with van der Waals surface area (Å²) < 4.78 is 36.6. The van der Waals surface area contributed by atoms with Crippen molar-refractivity contribution in [2.75, 3.05) is 0 Å². The molecule has 0 amide bonds. The number of benzene rings is 1. The first-order valence-corrected chi connectivity index (χ1v) is 3.60. The van der Waals surface area contributed by atoms with Crippen LogP contribution in [0.25, 0.3) is 11.0 Å². The zero-order valence-corrected chi connectivity index (χ0v) is 6.65. The number of hydrogen-bond acceptors (Lipinski definition) is 3. The van der Waals surface area contributed by atoms with E-state index in [9.17, 15) is 13.2 Å². The summed E-state index contributed by atoms with van der Waals surface area (Å²) >= 11 is 0. The summed E-state index contributed by atoms with van der Waals surface area (Å²) in [6.07, 6.45) is -4.59. The molecule has 0 fully saturated rings. The second-order valence-electron chi connectivity index (χ2n) is 2.64. The summed E-state index contributed by atoms with van der Waals surface area (Å²) in [6.45, 7) is 0. The Balaban J connectivity index is 2.70. The van der Waals surface area contributed by atoms with Crippen LogP contribution >= 0.6 is 0 Å². The summed E-state index contributed by atoms with van der Waals surface area (Å²) in [5.41, 5.74) is -0.183. The first-order valence-electron chi connectivity index (χ1n) is 3.60. The van der Waals surface area contributed by atoms with Gasteiger partial charge in [-0.25, -0.2) is 0 Å². The molecule has 1 N–H and O–H groups in total. The van der Waals surface area contributed by atoms with Crippen LogP contribution in [0.3, 0.4) is 0 Å². The standard InChI is InChI=1S/C7H4F3N3O/c8-7(9,10)13-6-2-1-4(14)3-5(6)11-12-13/h1-3,14H. The van der Waals surface area contributed by atoms with Gasteiger partial charge in [-0.2, -0.15) is 4.68 Å². The Kier molecular flexibility index (Phi) is 1.63. The van der Waals surface area contributed by atoms with Crippen LogP contribution in [0.4, 0.5) is 13.2 Å². The van der Waals surface area contributed by atoms with Gasteiger partial charge in [0.25, 0.3) is 0 Å². The van der Waals surface area contributed by atoms with Crippen LogP contribution in [0.5, 0.6) is 5.75 Å². The number of nitrogens with zero attached hydrogens (tertiary/aromatic N) is 3. The third kappa shape index (κ3) is 1.26. The molecule has 4 nitrogen and oxygen atoms in total. The number of aromatic nitrogens is 3. The molecule has 7 heteroatoms. The number of alkyl halides is 3. The minimum Gasteiger partial charge on any atom is -0.508 e. The molecule has 1 aromatic carbocycles. The van der Waals surface area contributed by atoms with Gasteiger partial charge in [-0.05, 0) is 12.1 Å². The SMILES string of the molecule is Oc1ccc2c(c1)nnn2C(F)(F)F. The molecule has 0 aliphatic heterocycles. The van der Waals surface area contributed by atoms with Crippen molar-refractivity contribution < 1.29 is 18.3 Å². The highest BCUT2D eigenvalue weighted by Crippen LogP contribution is 2.26. The third-order valence-electron chi connectivity index (χ3n) is 1.67. The van der Waals surface area contributed by atoms with Crippen molar-refractivity contribution in [1.29, 1.82) is 0 Å². The molecule has 0 bridgehead atoms. The van der Waals surface area contributed by atoms with Gasteiger partial charge in [-0.15, -0.1) is 18.3 Å². The van der Waals surface area contributed by atoms with Gasteiger partial charge in [0.2, 0.25) is 0 Å². The van der Waals surface area contributed by atoms with Crippen molar-refractivity contribution in [2.24, 2.45) is 0 Å². The van der Waals surface area contributed by atoms with Crippen LogP contribution in [0, 0.1) is 0 Å². The fourth-order valence-electron chi connectivity index (χ4n) is 1.10. The Morgan fingerprint density at radius 1 is 1.29 bits per heavy atom. The average molecular weight is 203 g/mol. The normalized spacial score (nSPS) is 12.2. The van der Waals surface area contributed by atoms with E-state index in [0.717, 1.165) is 18.2 Å². The predicted molar refractivity (Wildman–Crippen MR) is 40.5 cm³/mol. The molecule has 2 rings (SSSR count). The lowest BCUT2D eigenvalue weighted by Crippen LogP contribution is -2.17. The van der Waals surface area contributed by atoms with E-state index in [-0.39, 0.29) is 21.5 Å². The van der Waals surface area contributed by atoms with Crippen LogP contribution in [0.1, 0.15) is 0 Å². The summed E-state index contributed by atoms with van der Waals surface area (Å²) in [4.78, 5) is 0. The quantitative estimate of drug-likeness (QED) is 0.707. The zero-order chi connectivity index (χ0) is 10.3. The highest BCUT2D eigenvalue weighted by atomic mass is 19.4. The minimum atomic E-state index is -4.59. The molecule has 0 atom stereocenters. The van der Waals surface area contributed by atoms with Crippen LogP contribution in [0.15, 0.2) is 18.2 Å². The van der Waals surface area contributed by atoms with E-state index in [1.54, 1.807) is 0 Å². The Bertz CT molecular complexity index is 476. The molecule has 0 aliphatic rings. The fraction of sp³-hybridized carbons (Fsp3) is 0.143. The largest absolute Gasteiger partial charge is 0.508 e. The van der Waals surface area contributed by atoms with Crippen LogP contribution in [-0.2, 0) is 6.30 Å². The van der Waals surface area contributed by atoms with Crippen molar-refractivity contribution in [3.63, 3.8) is 0 Å². The van der Waals surface area contributed by atoms with E-state index in [1.807, 2.05) is 0 Å². The summed E-state index contributed by atoms with van der Waals surface area (Å²) in [5, 5.41) is 15.2. The predicted octanol–water partition coefficient (Wildman–Crippen LogP) is 1.61. The van der Waals surface area contributed by atoms with Crippen molar-refractivity contribution in [3.05, 3.63) is 18.2 Å².